The number of nitrogens with one attached hydrogen (secondary N) is 4. The van der Waals surface area contributed by atoms with Crippen LogP contribution in [-0.4, -0.2) is 17.2 Å². The molecule has 4 N–H and O–H groups in total. The summed E-state index contributed by atoms with van der Waals surface area (Å²) in [4.78, 5) is 3.45. The molecule has 6 heteroatoms. The molecule has 0 radical (unpaired) electrons. The van der Waals surface area contributed by atoms with Crippen LogP contribution in [-0.2, 0) is 6.54 Å². The lowest BCUT2D eigenvalue weighted by molar-refractivity contribution is 0.837. The van der Waals surface area contributed by atoms with Gasteiger partial charge >= 0.3 is 0 Å². The van der Waals surface area contributed by atoms with E-state index in [1.165, 1.54) is 0 Å². The lowest BCUT2D eigenvalue weighted by Gasteiger charge is -2.07. The molecular formula is C23H20ClN5. The van der Waals surface area contributed by atoms with E-state index in [0.29, 0.717) is 11.6 Å². The molecule has 0 unspecified atom stereocenters. The number of H-pyrrole nitrogens is 1. The normalized spacial score (nSPS) is 11.1. The van der Waals surface area contributed by atoms with Crippen LogP contribution in [0.15, 0.2) is 84.0 Å². The van der Waals surface area contributed by atoms with Gasteiger partial charge in [-0.3, -0.25) is 5.41 Å². The molecule has 0 aliphatic heterocycles. The van der Waals surface area contributed by atoms with Crippen LogP contribution in [0.5, 0.6) is 0 Å². The Morgan fingerprint density at radius 3 is 2.48 bits per heavy atom. The molecule has 5 nitrogen and oxygen atoms in total. The number of fused-ring (bicyclic) bond motifs is 1. The van der Waals surface area contributed by atoms with Crippen molar-refractivity contribution in [2.45, 2.75) is 6.54 Å². The van der Waals surface area contributed by atoms with Crippen molar-refractivity contribution in [3.05, 3.63) is 95.0 Å². The summed E-state index contributed by atoms with van der Waals surface area (Å²) in [5, 5.41) is 17.0. The van der Waals surface area contributed by atoms with Crippen LogP contribution in [0.4, 0.5) is 0 Å². The SMILES string of the molecule is N=C(NCc1ccccc1)NN=Cc1c(-c2ccc(Cl)cc2)[nH]c2ccccc12. The third kappa shape index (κ3) is 4.47. The van der Waals surface area contributed by atoms with E-state index in [-0.39, 0.29) is 5.96 Å². The standard InChI is InChI=1S/C23H20ClN5/c24-18-12-10-17(11-13-18)22-20(19-8-4-5-9-21(19)28-22)15-27-29-23(25)26-14-16-6-2-1-3-7-16/h1-13,15,28H,14H2,(H3,25,26,29). The molecule has 0 bridgehead atoms. The summed E-state index contributed by atoms with van der Waals surface area (Å²) in [5.74, 6) is 0.137. The summed E-state index contributed by atoms with van der Waals surface area (Å²) in [5.41, 5.74) is 7.80. The quantitative estimate of drug-likeness (QED) is 0.212. The van der Waals surface area contributed by atoms with Crippen LogP contribution in [0.1, 0.15) is 11.1 Å². The molecule has 3 aromatic carbocycles. The minimum absolute atomic E-state index is 0.137. The molecule has 144 valence electrons. The highest BCUT2D eigenvalue weighted by Gasteiger charge is 2.11. The predicted octanol–water partition coefficient (Wildman–Crippen LogP) is 5.14. The molecule has 0 spiro atoms. The van der Waals surface area contributed by atoms with Gasteiger partial charge in [-0.25, -0.2) is 5.43 Å². The maximum atomic E-state index is 8.01. The Morgan fingerprint density at radius 1 is 0.966 bits per heavy atom. The Labute approximate surface area is 173 Å². The van der Waals surface area contributed by atoms with Crippen molar-refractivity contribution in [1.82, 2.24) is 15.7 Å². The Bertz CT molecular complexity index is 1150. The van der Waals surface area contributed by atoms with E-state index < -0.39 is 0 Å². The molecule has 1 aromatic heterocycles. The zero-order valence-electron chi connectivity index (χ0n) is 15.6. The van der Waals surface area contributed by atoms with Crippen LogP contribution >= 0.6 is 11.6 Å². The number of benzene rings is 3. The number of hydrogen-bond donors (Lipinski definition) is 4. The van der Waals surface area contributed by atoms with E-state index in [4.69, 9.17) is 17.0 Å². The first-order valence-corrected chi connectivity index (χ1v) is 9.60. The molecule has 0 saturated carbocycles. The monoisotopic (exact) mass is 401 g/mol. The Morgan fingerprint density at radius 2 is 1.69 bits per heavy atom. The molecule has 4 aromatic rings. The van der Waals surface area contributed by atoms with E-state index in [2.05, 4.69) is 20.8 Å². The fourth-order valence-corrected chi connectivity index (χ4v) is 3.26. The van der Waals surface area contributed by atoms with E-state index in [1.54, 1.807) is 6.21 Å². The van der Waals surface area contributed by atoms with Crippen molar-refractivity contribution in [1.29, 1.82) is 5.41 Å². The number of aromatic nitrogens is 1. The summed E-state index contributed by atoms with van der Waals surface area (Å²) in [6, 6.07) is 25.7. The van der Waals surface area contributed by atoms with E-state index in [0.717, 1.165) is 33.3 Å². The molecule has 0 saturated heterocycles. The molecule has 0 aliphatic carbocycles. The average Bonchev–Trinajstić information content (AvgIpc) is 3.12. The molecule has 0 amide bonds. The van der Waals surface area contributed by atoms with Crippen LogP contribution in [0.25, 0.3) is 22.2 Å². The summed E-state index contributed by atoms with van der Waals surface area (Å²) in [7, 11) is 0. The number of guanidine groups is 1. The number of halogens is 1. The zero-order valence-corrected chi connectivity index (χ0v) is 16.4. The van der Waals surface area contributed by atoms with Gasteiger partial charge in [0.1, 0.15) is 0 Å². The van der Waals surface area contributed by atoms with Gasteiger partial charge in [-0.15, -0.1) is 0 Å². The van der Waals surface area contributed by atoms with E-state index in [1.807, 2.05) is 78.9 Å². The Balaban J connectivity index is 1.52. The zero-order chi connectivity index (χ0) is 20.1. The number of aromatic amines is 1. The van der Waals surface area contributed by atoms with Crippen molar-refractivity contribution in [3.8, 4) is 11.3 Å². The van der Waals surface area contributed by atoms with Gasteiger partial charge in [0.2, 0.25) is 5.96 Å². The predicted molar refractivity (Wildman–Crippen MR) is 120 cm³/mol. The summed E-state index contributed by atoms with van der Waals surface area (Å²) < 4.78 is 0. The highest BCUT2D eigenvalue weighted by Crippen LogP contribution is 2.29. The summed E-state index contributed by atoms with van der Waals surface area (Å²) in [6.07, 6.45) is 1.74. The second-order valence-electron chi connectivity index (χ2n) is 6.55. The smallest absolute Gasteiger partial charge is 0.209 e. The van der Waals surface area contributed by atoms with Gasteiger partial charge in [0.15, 0.2) is 0 Å². The highest BCUT2D eigenvalue weighted by molar-refractivity contribution is 6.30. The summed E-state index contributed by atoms with van der Waals surface area (Å²) in [6.45, 7) is 0.561. The average molecular weight is 402 g/mol. The van der Waals surface area contributed by atoms with E-state index in [9.17, 15) is 0 Å². The molecule has 4 rings (SSSR count). The third-order valence-corrected chi connectivity index (χ3v) is 4.81. The van der Waals surface area contributed by atoms with Crippen molar-refractivity contribution >= 4 is 34.7 Å². The lowest BCUT2D eigenvalue weighted by Crippen LogP contribution is -2.32. The maximum absolute atomic E-state index is 8.01. The highest BCUT2D eigenvalue weighted by atomic mass is 35.5. The maximum Gasteiger partial charge on any atom is 0.209 e. The third-order valence-electron chi connectivity index (χ3n) is 4.56. The first kappa shape index (κ1) is 18.8. The summed E-state index contributed by atoms with van der Waals surface area (Å²) >= 11 is 6.03. The van der Waals surface area contributed by atoms with Gasteiger partial charge < -0.3 is 10.3 Å². The van der Waals surface area contributed by atoms with Gasteiger partial charge in [0.05, 0.1) is 11.9 Å². The van der Waals surface area contributed by atoms with Gasteiger partial charge in [0.25, 0.3) is 0 Å². The number of hydrogen-bond acceptors (Lipinski definition) is 2. The van der Waals surface area contributed by atoms with Crippen molar-refractivity contribution in [3.63, 3.8) is 0 Å². The van der Waals surface area contributed by atoms with Crippen LogP contribution in [0.3, 0.4) is 0 Å². The molecule has 29 heavy (non-hydrogen) atoms. The van der Waals surface area contributed by atoms with Gasteiger partial charge in [-0.2, -0.15) is 5.10 Å². The molecular weight excluding hydrogens is 382 g/mol. The van der Waals surface area contributed by atoms with Crippen molar-refractivity contribution in [2.75, 3.05) is 0 Å². The van der Waals surface area contributed by atoms with Crippen molar-refractivity contribution < 1.29 is 0 Å². The number of hydrazone groups is 1. The van der Waals surface area contributed by atoms with Gasteiger partial charge in [-0.05, 0) is 29.3 Å². The topological polar surface area (TPSA) is 76.1 Å². The Kier molecular flexibility index (Phi) is 5.59. The van der Waals surface area contributed by atoms with E-state index >= 15 is 0 Å². The number of para-hydroxylation sites is 1. The minimum atomic E-state index is 0.137. The van der Waals surface area contributed by atoms with Crippen molar-refractivity contribution in [2.24, 2.45) is 5.10 Å². The number of nitrogens with zero attached hydrogens (tertiary/aromatic N) is 1. The lowest BCUT2D eigenvalue weighted by atomic mass is 10.1. The molecule has 0 aliphatic rings. The molecule has 1 heterocycles. The Hall–Kier alpha value is -3.57. The molecule has 0 fully saturated rings. The van der Waals surface area contributed by atoms with Crippen LogP contribution < -0.4 is 10.7 Å². The van der Waals surface area contributed by atoms with Crippen LogP contribution in [0.2, 0.25) is 5.02 Å². The minimum Gasteiger partial charge on any atom is -0.354 e. The second-order valence-corrected chi connectivity index (χ2v) is 6.99. The first-order chi connectivity index (χ1) is 14.2. The van der Waals surface area contributed by atoms with Crippen LogP contribution in [0, 0.1) is 5.41 Å². The van der Waals surface area contributed by atoms with Gasteiger partial charge in [0, 0.05) is 28.0 Å². The fraction of sp³-hybridized carbons (Fsp3) is 0.0435. The fourth-order valence-electron chi connectivity index (χ4n) is 3.13. The van der Waals surface area contributed by atoms with Gasteiger partial charge in [-0.1, -0.05) is 72.3 Å². The largest absolute Gasteiger partial charge is 0.354 e. The molecule has 0 atom stereocenters. The number of rotatable bonds is 5. The first-order valence-electron chi connectivity index (χ1n) is 9.23. The second kappa shape index (κ2) is 8.63.